The smallest absolute Gasteiger partial charge is 0.271 e. The summed E-state index contributed by atoms with van der Waals surface area (Å²) in [5, 5.41) is 17.2. The lowest BCUT2D eigenvalue weighted by atomic mass is 9.90. The summed E-state index contributed by atoms with van der Waals surface area (Å²) >= 11 is 7.52. The van der Waals surface area contributed by atoms with Crippen LogP contribution in [0.25, 0.3) is 10.2 Å². The van der Waals surface area contributed by atoms with Crippen LogP contribution < -0.4 is 10.6 Å². The highest BCUT2D eigenvalue weighted by atomic mass is 35.5. The van der Waals surface area contributed by atoms with Crippen LogP contribution in [0.2, 0.25) is 5.02 Å². The van der Waals surface area contributed by atoms with E-state index in [1.54, 1.807) is 11.4 Å². The number of rotatable bonds is 5. The molecule has 0 radical (unpaired) electrons. The fraction of sp³-hybridized carbons (Fsp3) is 0.565. The molecule has 0 unspecified atom stereocenters. The number of aromatic amines is 1. The molecule has 35 heavy (non-hydrogen) atoms. The van der Waals surface area contributed by atoms with Crippen molar-refractivity contribution in [1.82, 2.24) is 20.5 Å². The lowest BCUT2D eigenvalue weighted by Gasteiger charge is -2.29. The van der Waals surface area contributed by atoms with Crippen LogP contribution in [0, 0.1) is 29.1 Å². The van der Waals surface area contributed by atoms with Crippen molar-refractivity contribution in [2.75, 3.05) is 13.1 Å². The number of carbonyl (C=O) groups is 3. The number of halogens is 3. The van der Waals surface area contributed by atoms with E-state index in [9.17, 15) is 28.4 Å². The number of nitrogens with zero attached hydrogens (tertiary/aromatic N) is 2. The van der Waals surface area contributed by atoms with Crippen molar-refractivity contribution in [2.24, 2.45) is 17.8 Å². The summed E-state index contributed by atoms with van der Waals surface area (Å²) in [7, 11) is 0. The summed E-state index contributed by atoms with van der Waals surface area (Å²) in [6, 6.07) is 1.56. The molecule has 5 atom stereocenters. The molecule has 3 aliphatic rings. The summed E-state index contributed by atoms with van der Waals surface area (Å²) in [5.41, 5.74) is 0.844. The van der Waals surface area contributed by atoms with Crippen LogP contribution in [0.3, 0.4) is 0 Å². The molecule has 3 amide bonds. The highest BCUT2D eigenvalue weighted by molar-refractivity contribution is 7.17. The Morgan fingerprint density at radius 3 is 2.91 bits per heavy atom. The van der Waals surface area contributed by atoms with Gasteiger partial charge in [-0.2, -0.15) is 5.26 Å². The van der Waals surface area contributed by atoms with Gasteiger partial charge in [0.1, 0.15) is 17.8 Å². The Morgan fingerprint density at radius 1 is 1.40 bits per heavy atom. The summed E-state index contributed by atoms with van der Waals surface area (Å²) in [6.07, 6.45) is 0.639. The first-order chi connectivity index (χ1) is 16.7. The predicted octanol–water partition coefficient (Wildman–Crippen LogP) is 3.29. The van der Waals surface area contributed by atoms with Gasteiger partial charge in [-0.1, -0.05) is 11.6 Å². The zero-order valence-corrected chi connectivity index (χ0v) is 20.2. The zero-order valence-electron chi connectivity index (χ0n) is 18.7. The molecule has 2 aromatic rings. The number of amides is 3. The first-order valence-corrected chi connectivity index (χ1v) is 12.8. The number of hydrogen-bond acceptors (Lipinski definition) is 5. The summed E-state index contributed by atoms with van der Waals surface area (Å²) in [4.78, 5) is 43.2. The Labute approximate surface area is 209 Å². The van der Waals surface area contributed by atoms with E-state index in [-0.39, 0.29) is 31.0 Å². The van der Waals surface area contributed by atoms with Crippen molar-refractivity contribution < 1.29 is 23.2 Å². The molecule has 1 aliphatic carbocycles. The number of nitrogens with one attached hydrogen (secondary N) is 3. The average molecular weight is 524 g/mol. The number of fused-ring (bicyclic) bond motifs is 2. The van der Waals surface area contributed by atoms with E-state index in [0.717, 1.165) is 11.1 Å². The number of H-pyrrole nitrogens is 1. The quantitative estimate of drug-likeness (QED) is 0.557. The minimum Gasteiger partial charge on any atom is -0.356 e. The normalized spacial score (nSPS) is 28.4. The van der Waals surface area contributed by atoms with E-state index >= 15 is 0 Å². The second kappa shape index (κ2) is 9.06. The van der Waals surface area contributed by atoms with Crippen LogP contribution in [0.1, 0.15) is 42.6 Å². The molecule has 5 rings (SSSR count). The fourth-order valence-corrected chi connectivity index (χ4v) is 6.89. The van der Waals surface area contributed by atoms with Gasteiger partial charge in [0, 0.05) is 37.2 Å². The minimum absolute atomic E-state index is 0.0276. The van der Waals surface area contributed by atoms with Gasteiger partial charge >= 0.3 is 0 Å². The van der Waals surface area contributed by atoms with Crippen molar-refractivity contribution in [1.29, 1.82) is 5.26 Å². The number of thiophene rings is 1. The topological polar surface area (TPSA) is 118 Å². The van der Waals surface area contributed by atoms with Crippen LogP contribution in [0.5, 0.6) is 0 Å². The van der Waals surface area contributed by atoms with Gasteiger partial charge in [0.2, 0.25) is 17.7 Å². The number of likely N-dealkylation sites (tertiary alicyclic amines) is 1. The van der Waals surface area contributed by atoms with Gasteiger partial charge in [-0.25, -0.2) is 8.78 Å². The highest BCUT2D eigenvalue weighted by Crippen LogP contribution is 2.50. The van der Waals surface area contributed by atoms with E-state index in [1.165, 1.54) is 16.2 Å². The second-order valence-corrected chi connectivity index (χ2v) is 11.0. The molecule has 2 saturated heterocycles. The van der Waals surface area contributed by atoms with Crippen LogP contribution in [0.15, 0.2) is 11.4 Å². The third-order valence-corrected chi connectivity index (χ3v) is 8.69. The summed E-state index contributed by atoms with van der Waals surface area (Å²) in [5.74, 6) is -5.82. The maximum Gasteiger partial charge on any atom is 0.271 e. The van der Waals surface area contributed by atoms with E-state index < -0.39 is 54.0 Å². The fourth-order valence-electron chi connectivity index (χ4n) is 5.74. The molecule has 8 nitrogen and oxygen atoms in total. The maximum absolute atomic E-state index is 14.2. The number of carbonyl (C=O) groups excluding carboxylic acids is 3. The largest absolute Gasteiger partial charge is 0.356 e. The molecular formula is C23H24ClF2N5O3S. The Hall–Kier alpha value is -2.71. The molecule has 2 aromatic heterocycles. The van der Waals surface area contributed by atoms with Crippen LogP contribution in [0.4, 0.5) is 8.78 Å². The van der Waals surface area contributed by atoms with Crippen molar-refractivity contribution in [3.05, 3.63) is 22.2 Å². The van der Waals surface area contributed by atoms with Crippen LogP contribution >= 0.6 is 22.9 Å². The van der Waals surface area contributed by atoms with Gasteiger partial charge < -0.3 is 20.5 Å². The average Bonchev–Trinajstić information content (AvgIpc) is 3.54. The molecule has 0 bridgehead atoms. The molecule has 1 saturated carbocycles. The lowest BCUT2D eigenvalue weighted by Crippen LogP contribution is -2.52. The molecule has 0 spiro atoms. The number of aromatic nitrogens is 1. The van der Waals surface area contributed by atoms with Gasteiger partial charge in [-0.05, 0) is 37.2 Å². The number of nitriles is 1. The summed E-state index contributed by atoms with van der Waals surface area (Å²) in [6.45, 7) is 0.608. The van der Waals surface area contributed by atoms with Gasteiger partial charge in [-0.3, -0.25) is 14.4 Å². The van der Waals surface area contributed by atoms with Crippen LogP contribution in [-0.2, 0) is 9.59 Å². The van der Waals surface area contributed by atoms with E-state index in [0.29, 0.717) is 23.5 Å². The number of hydrogen-bond donors (Lipinski definition) is 3. The molecule has 12 heteroatoms. The second-order valence-electron chi connectivity index (χ2n) is 9.65. The Balaban J connectivity index is 1.37. The highest BCUT2D eigenvalue weighted by Gasteiger charge is 2.58. The Kier molecular flexibility index (Phi) is 6.21. The maximum atomic E-state index is 14.2. The van der Waals surface area contributed by atoms with Gasteiger partial charge in [-0.15, -0.1) is 11.3 Å². The first kappa shape index (κ1) is 24.0. The third-order valence-electron chi connectivity index (χ3n) is 7.33. The Morgan fingerprint density at radius 2 is 2.20 bits per heavy atom. The molecule has 186 valence electrons. The van der Waals surface area contributed by atoms with Crippen LogP contribution in [-0.4, -0.2) is 58.7 Å². The van der Waals surface area contributed by atoms with Gasteiger partial charge in [0.05, 0.1) is 21.3 Å². The molecule has 0 aromatic carbocycles. The lowest BCUT2D eigenvalue weighted by molar-refractivity contribution is -0.129. The standard InChI is InChI=1S/C23H24ClF2N5O3S/c24-15-10-35-17-5-16(30-18(15)17)22(34)31-9-12-6-23(25,26)7-14(12)19(31)21(33)29-13(8-27)4-11-2-1-3-28-20(11)32/h5,10-14,19,30H,1-4,6-7,9H2,(H,28,32)(H,29,33)/t11-,12-,13-,14-,19+/m0/s1. The molecule has 3 N–H and O–H groups in total. The zero-order chi connectivity index (χ0) is 24.9. The third kappa shape index (κ3) is 4.49. The van der Waals surface area contributed by atoms with E-state index in [2.05, 4.69) is 15.6 Å². The monoisotopic (exact) mass is 523 g/mol. The Bertz CT molecular complexity index is 1220. The number of piperidine rings is 1. The predicted molar refractivity (Wildman–Crippen MR) is 125 cm³/mol. The molecule has 4 heterocycles. The summed E-state index contributed by atoms with van der Waals surface area (Å²) < 4.78 is 29.2. The van der Waals surface area contributed by atoms with Crippen molar-refractivity contribution in [3.8, 4) is 6.07 Å². The molecule has 3 fully saturated rings. The molecular weight excluding hydrogens is 500 g/mol. The van der Waals surface area contributed by atoms with Crippen molar-refractivity contribution in [3.63, 3.8) is 0 Å². The van der Waals surface area contributed by atoms with E-state index in [4.69, 9.17) is 11.6 Å². The number of alkyl halides is 2. The van der Waals surface area contributed by atoms with Gasteiger partial charge in [0.25, 0.3) is 5.91 Å². The van der Waals surface area contributed by atoms with Crippen molar-refractivity contribution >= 4 is 50.9 Å². The molecule has 2 aliphatic heterocycles. The first-order valence-electron chi connectivity index (χ1n) is 11.6. The minimum atomic E-state index is -2.90. The van der Waals surface area contributed by atoms with E-state index in [1.807, 2.05) is 6.07 Å². The van der Waals surface area contributed by atoms with Gasteiger partial charge in [0.15, 0.2) is 0 Å². The SMILES string of the molecule is N#C[C@H](C[C@@H]1CCCNC1=O)NC(=O)[C@H]1[C@H]2CC(F)(F)C[C@H]2CN1C(=O)c1cc2scc(Cl)c2[nH]1. The van der Waals surface area contributed by atoms with Crippen molar-refractivity contribution in [2.45, 2.75) is 50.1 Å².